The van der Waals surface area contributed by atoms with Gasteiger partial charge in [0.25, 0.3) is 17.5 Å². The van der Waals surface area contributed by atoms with Gasteiger partial charge in [0.2, 0.25) is 0 Å². The van der Waals surface area contributed by atoms with Crippen molar-refractivity contribution in [2.45, 2.75) is 26.2 Å². The summed E-state index contributed by atoms with van der Waals surface area (Å²) in [5.41, 5.74) is 1.14. The zero-order valence-corrected chi connectivity index (χ0v) is 15.2. The normalized spacial score (nSPS) is 13.7. The molecule has 0 N–H and O–H groups in total. The third kappa shape index (κ3) is 3.36. The lowest BCUT2D eigenvalue weighted by Gasteiger charge is -2.19. The van der Waals surface area contributed by atoms with Crippen LogP contribution in [0.15, 0.2) is 42.5 Å². The van der Waals surface area contributed by atoms with E-state index in [1.807, 2.05) is 12.1 Å². The van der Waals surface area contributed by atoms with E-state index < -0.39 is 23.3 Å². The third-order valence-electron chi connectivity index (χ3n) is 4.54. The monoisotopic (exact) mass is 366 g/mol. The maximum atomic E-state index is 12.5. The summed E-state index contributed by atoms with van der Waals surface area (Å²) in [6.07, 6.45) is 0. The van der Waals surface area contributed by atoms with E-state index in [2.05, 4.69) is 20.8 Å². The number of imide groups is 1. The number of fused-ring (bicyclic) bond motifs is 1. The molecule has 0 radical (unpaired) electrons. The molecule has 1 aliphatic heterocycles. The average molecular weight is 366 g/mol. The summed E-state index contributed by atoms with van der Waals surface area (Å²) in [6.45, 7) is 5.76. The van der Waals surface area contributed by atoms with Gasteiger partial charge < -0.3 is 0 Å². The number of nitro benzene ring substituents is 1. The van der Waals surface area contributed by atoms with E-state index in [-0.39, 0.29) is 28.0 Å². The molecule has 2 amide bonds. The lowest BCUT2D eigenvalue weighted by Crippen LogP contribution is -2.34. The minimum absolute atomic E-state index is 0.0509. The Hall–Kier alpha value is -3.35. The van der Waals surface area contributed by atoms with E-state index in [1.165, 1.54) is 12.1 Å². The molecule has 0 aliphatic carbocycles. The van der Waals surface area contributed by atoms with Crippen LogP contribution in [0.4, 0.5) is 5.69 Å². The Balaban J connectivity index is 1.82. The first-order valence-electron chi connectivity index (χ1n) is 8.38. The molecule has 0 aromatic heterocycles. The Morgan fingerprint density at radius 3 is 2.15 bits per heavy atom. The van der Waals surface area contributed by atoms with Crippen LogP contribution in [0.25, 0.3) is 0 Å². The molecule has 0 unspecified atom stereocenters. The Bertz CT molecular complexity index is 971. The number of hydrogen-bond acceptors (Lipinski definition) is 5. The zero-order valence-electron chi connectivity index (χ0n) is 15.2. The Labute approximate surface area is 155 Å². The third-order valence-corrected chi connectivity index (χ3v) is 4.54. The van der Waals surface area contributed by atoms with E-state index in [9.17, 15) is 24.5 Å². The quantitative estimate of drug-likeness (QED) is 0.358. The first-order chi connectivity index (χ1) is 12.6. The van der Waals surface area contributed by atoms with Gasteiger partial charge in [0, 0.05) is 17.7 Å². The van der Waals surface area contributed by atoms with Crippen LogP contribution in [0, 0.1) is 10.1 Å². The molecule has 2 aromatic carbocycles. The van der Waals surface area contributed by atoms with Crippen molar-refractivity contribution in [3.63, 3.8) is 0 Å². The molecule has 2 aromatic rings. The van der Waals surface area contributed by atoms with Crippen molar-refractivity contribution in [1.29, 1.82) is 0 Å². The number of nitro groups is 1. The second-order valence-corrected chi connectivity index (χ2v) is 7.43. The fraction of sp³-hybridized carbons (Fsp3) is 0.250. The van der Waals surface area contributed by atoms with E-state index in [0.717, 1.165) is 16.5 Å². The van der Waals surface area contributed by atoms with Gasteiger partial charge in [-0.25, -0.2) is 0 Å². The maximum absolute atomic E-state index is 12.5. The lowest BCUT2D eigenvalue weighted by molar-refractivity contribution is -0.384. The van der Waals surface area contributed by atoms with Crippen molar-refractivity contribution in [1.82, 2.24) is 4.90 Å². The predicted octanol–water partition coefficient (Wildman–Crippen LogP) is 3.37. The van der Waals surface area contributed by atoms with Crippen LogP contribution < -0.4 is 0 Å². The van der Waals surface area contributed by atoms with Crippen molar-refractivity contribution in [2.24, 2.45) is 0 Å². The first kappa shape index (κ1) is 18.4. The van der Waals surface area contributed by atoms with E-state index in [0.29, 0.717) is 5.56 Å². The van der Waals surface area contributed by atoms with Gasteiger partial charge in [0.1, 0.15) is 0 Å². The summed E-state index contributed by atoms with van der Waals surface area (Å²) in [7, 11) is 0. The smallest absolute Gasteiger partial charge is 0.270 e. The van der Waals surface area contributed by atoms with Gasteiger partial charge in [0.15, 0.2) is 5.78 Å². The van der Waals surface area contributed by atoms with Crippen molar-refractivity contribution in [3.8, 4) is 0 Å². The number of carbonyl (C=O) groups excluding carboxylic acids is 3. The second-order valence-electron chi connectivity index (χ2n) is 7.43. The number of ketones is 1. The highest BCUT2D eigenvalue weighted by Crippen LogP contribution is 2.27. The van der Waals surface area contributed by atoms with Crippen LogP contribution in [0.2, 0.25) is 0 Å². The maximum Gasteiger partial charge on any atom is 0.270 e. The fourth-order valence-electron chi connectivity index (χ4n) is 2.93. The van der Waals surface area contributed by atoms with Crippen LogP contribution in [0.1, 0.15) is 57.4 Å². The van der Waals surface area contributed by atoms with Crippen molar-refractivity contribution < 1.29 is 19.3 Å². The van der Waals surface area contributed by atoms with E-state index in [1.54, 1.807) is 12.1 Å². The van der Waals surface area contributed by atoms with E-state index >= 15 is 0 Å². The summed E-state index contributed by atoms with van der Waals surface area (Å²) in [6, 6.07) is 10.5. The van der Waals surface area contributed by atoms with Gasteiger partial charge in [-0.15, -0.1) is 0 Å². The molecular weight excluding hydrogens is 348 g/mol. The van der Waals surface area contributed by atoms with Gasteiger partial charge in [-0.3, -0.25) is 29.4 Å². The molecule has 27 heavy (non-hydrogen) atoms. The van der Waals surface area contributed by atoms with E-state index in [4.69, 9.17) is 0 Å². The molecule has 0 spiro atoms. The SMILES string of the molecule is CC(C)(C)c1ccc(C(=O)CN2C(=O)c3ccc([N+](=O)[O-])cc3C2=O)cc1. The van der Waals surface area contributed by atoms with Crippen LogP contribution in [0.5, 0.6) is 0 Å². The van der Waals surface area contributed by atoms with Crippen molar-refractivity contribution in [2.75, 3.05) is 6.54 Å². The molecule has 138 valence electrons. The summed E-state index contributed by atoms with van der Waals surface area (Å²) in [5.74, 6) is -1.69. The molecule has 0 bridgehead atoms. The summed E-state index contributed by atoms with van der Waals surface area (Å²) in [5, 5.41) is 10.9. The predicted molar refractivity (Wildman–Crippen MR) is 97.9 cm³/mol. The number of amides is 2. The van der Waals surface area contributed by atoms with Crippen molar-refractivity contribution in [3.05, 3.63) is 74.8 Å². The van der Waals surface area contributed by atoms with Gasteiger partial charge in [-0.05, 0) is 17.0 Å². The van der Waals surface area contributed by atoms with Crippen LogP contribution >= 0.6 is 0 Å². The number of carbonyl (C=O) groups is 3. The lowest BCUT2D eigenvalue weighted by atomic mass is 9.86. The summed E-state index contributed by atoms with van der Waals surface area (Å²) in [4.78, 5) is 48.5. The van der Waals surface area contributed by atoms with Crippen molar-refractivity contribution >= 4 is 23.3 Å². The number of nitrogens with zero attached hydrogens (tertiary/aromatic N) is 2. The fourth-order valence-corrected chi connectivity index (χ4v) is 2.93. The summed E-state index contributed by atoms with van der Waals surface area (Å²) >= 11 is 0. The molecule has 3 rings (SSSR count). The van der Waals surface area contributed by atoms with Gasteiger partial charge in [0.05, 0.1) is 22.6 Å². The minimum atomic E-state index is -0.696. The van der Waals surface area contributed by atoms with Gasteiger partial charge in [-0.1, -0.05) is 45.0 Å². The van der Waals surface area contributed by atoms with Crippen LogP contribution in [0.3, 0.4) is 0 Å². The number of benzene rings is 2. The zero-order chi connectivity index (χ0) is 19.9. The number of Topliss-reactive ketones (excluding diaryl/α,β-unsaturated/α-hetero) is 1. The molecule has 7 heteroatoms. The molecule has 0 saturated heterocycles. The molecule has 0 saturated carbocycles. The second kappa shape index (κ2) is 6.42. The molecule has 1 aliphatic rings. The molecule has 0 fully saturated rings. The Kier molecular flexibility index (Phi) is 4.39. The largest absolute Gasteiger partial charge is 0.292 e. The highest BCUT2D eigenvalue weighted by Gasteiger charge is 2.37. The van der Waals surface area contributed by atoms with Crippen LogP contribution in [-0.4, -0.2) is 34.0 Å². The average Bonchev–Trinajstić information content (AvgIpc) is 2.85. The Morgan fingerprint density at radius 2 is 1.59 bits per heavy atom. The molecule has 1 heterocycles. The topological polar surface area (TPSA) is 97.6 Å². The standard InChI is InChI=1S/C20H18N2O5/c1-20(2,3)13-6-4-12(5-7-13)17(23)11-21-18(24)15-9-8-14(22(26)27)10-16(15)19(21)25/h4-10H,11H2,1-3H3. The number of rotatable bonds is 4. The molecular formula is C20H18N2O5. The Morgan fingerprint density at radius 1 is 1.00 bits per heavy atom. The van der Waals surface area contributed by atoms with Gasteiger partial charge in [-0.2, -0.15) is 0 Å². The van der Waals surface area contributed by atoms with Gasteiger partial charge >= 0.3 is 0 Å². The highest BCUT2D eigenvalue weighted by atomic mass is 16.6. The molecule has 7 nitrogen and oxygen atoms in total. The number of non-ortho nitro benzene ring substituents is 1. The minimum Gasteiger partial charge on any atom is -0.292 e. The first-order valence-corrected chi connectivity index (χ1v) is 8.38. The highest BCUT2D eigenvalue weighted by molar-refractivity contribution is 6.23. The summed E-state index contributed by atoms with van der Waals surface area (Å²) < 4.78 is 0. The molecule has 0 atom stereocenters. The number of hydrogen-bond donors (Lipinski definition) is 0. The van der Waals surface area contributed by atoms with Crippen LogP contribution in [-0.2, 0) is 5.41 Å².